The number of nitrogens with zero attached hydrogens (tertiary/aromatic N) is 6. The van der Waals surface area contributed by atoms with Crippen molar-refractivity contribution in [3.63, 3.8) is 0 Å². The highest BCUT2D eigenvalue weighted by atomic mass is 32.1. The van der Waals surface area contributed by atoms with Crippen LogP contribution in [0.2, 0.25) is 0 Å². The lowest BCUT2D eigenvalue weighted by atomic mass is 10.1. The monoisotopic (exact) mass is 585 g/mol. The molecule has 1 N–H and O–H groups in total. The maximum Gasteiger partial charge on any atom is 0.225 e. The number of anilines is 3. The van der Waals surface area contributed by atoms with E-state index in [2.05, 4.69) is 42.3 Å². The summed E-state index contributed by atoms with van der Waals surface area (Å²) in [6, 6.07) is 13.0. The summed E-state index contributed by atoms with van der Waals surface area (Å²) in [7, 11) is 1.96. The van der Waals surface area contributed by atoms with Crippen LogP contribution in [0.5, 0.6) is 0 Å². The molecule has 3 atom stereocenters. The van der Waals surface area contributed by atoms with Gasteiger partial charge in [-0.1, -0.05) is 18.3 Å². The summed E-state index contributed by atoms with van der Waals surface area (Å²) in [5, 5.41) is 18.7. The number of thiazole rings is 1. The number of hydrogen-bond donors (Lipinski definition) is 1. The number of halogens is 1. The zero-order chi connectivity index (χ0) is 29.1. The molecule has 3 aliphatic rings. The lowest BCUT2D eigenvalue weighted by Crippen LogP contribution is -2.38. The second-order valence-electron chi connectivity index (χ2n) is 11.5. The van der Waals surface area contributed by atoms with Gasteiger partial charge in [0, 0.05) is 61.6 Å². The highest BCUT2D eigenvalue weighted by Gasteiger charge is 2.56. The molecule has 1 aromatic carbocycles. The van der Waals surface area contributed by atoms with Gasteiger partial charge in [0.05, 0.1) is 29.4 Å². The maximum absolute atomic E-state index is 13.5. The largest absolute Gasteiger partial charge is 0.381 e. The van der Waals surface area contributed by atoms with Crippen LogP contribution in [0, 0.1) is 41.8 Å². The molecule has 216 valence electrons. The van der Waals surface area contributed by atoms with Crippen LogP contribution in [-0.4, -0.2) is 59.9 Å². The molecule has 1 aliphatic carbocycles. The Kier molecular flexibility index (Phi) is 6.63. The molecule has 1 amide bonds. The lowest BCUT2D eigenvalue weighted by molar-refractivity contribution is -0.125. The summed E-state index contributed by atoms with van der Waals surface area (Å²) >= 11 is 1.32. The molecule has 0 radical (unpaired) electrons. The summed E-state index contributed by atoms with van der Waals surface area (Å²) in [6.07, 6.45) is 1.55. The summed E-state index contributed by atoms with van der Waals surface area (Å²) < 4.78 is 20.9. The van der Waals surface area contributed by atoms with E-state index in [0.29, 0.717) is 46.3 Å². The average molecular weight is 586 g/mol. The Bertz CT molecular complexity index is 1710. The highest BCUT2D eigenvalue weighted by Crippen LogP contribution is 2.48. The Morgan fingerprint density at radius 1 is 1.26 bits per heavy atom. The van der Waals surface area contributed by atoms with Crippen molar-refractivity contribution in [3.8, 4) is 17.3 Å². The van der Waals surface area contributed by atoms with E-state index in [4.69, 9.17) is 14.8 Å². The number of pyridine rings is 1. The first-order valence-electron chi connectivity index (χ1n) is 14.4. The number of benzene rings is 1. The number of nitriles is 1. The molecular formula is C31H32FN7O2S. The third kappa shape index (κ3) is 4.50. The number of ether oxygens (including phenoxy) is 1. The van der Waals surface area contributed by atoms with E-state index in [1.807, 2.05) is 16.5 Å². The molecule has 7 rings (SSSR count). The van der Waals surface area contributed by atoms with E-state index in [1.165, 1.54) is 23.5 Å². The van der Waals surface area contributed by atoms with E-state index in [0.717, 1.165) is 54.2 Å². The number of nitrogens with one attached hydrogen (secondary N) is 1. The van der Waals surface area contributed by atoms with Crippen LogP contribution in [0.4, 0.5) is 20.9 Å². The number of piperidine rings is 1. The predicted molar refractivity (Wildman–Crippen MR) is 160 cm³/mol. The van der Waals surface area contributed by atoms with Crippen LogP contribution in [0.15, 0.2) is 36.4 Å². The van der Waals surface area contributed by atoms with Gasteiger partial charge < -0.3 is 19.9 Å². The van der Waals surface area contributed by atoms with Crippen LogP contribution in [0.1, 0.15) is 29.6 Å². The van der Waals surface area contributed by atoms with Gasteiger partial charge in [-0.15, -0.1) is 0 Å². The Balaban J connectivity index is 1.16. The smallest absolute Gasteiger partial charge is 0.225 e. The maximum atomic E-state index is 13.5. The molecule has 1 saturated carbocycles. The third-order valence-corrected chi connectivity index (χ3v) is 9.94. The molecule has 2 unspecified atom stereocenters. The average Bonchev–Trinajstić information content (AvgIpc) is 3.62. The second kappa shape index (κ2) is 10.4. The van der Waals surface area contributed by atoms with Crippen molar-refractivity contribution in [2.75, 3.05) is 43.2 Å². The van der Waals surface area contributed by atoms with Crippen molar-refractivity contribution in [2.45, 2.75) is 32.7 Å². The van der Waals surface area contributed by atoms with Crippen molar-refractivity contribution in [2.24, 2.45) is 17.8 Å². The number of fused-ring (bicyclic) bond motifs is 2. The Morgan fingerprint density at radius 2 is 2.02 bits per heavy atom. The topological polar surface area (TPSA) is 98.8 Å². The minimum atomic E-state index is -0.329. The van der Waals surface area contributed by atoms with Gasteiger partial charge in [-0.25, -0.2) is 13.9 Å². The van der Waals surface area contributed by atoms with Gasteiger partial charge in [-0.05, 0) is 56.2 Å². The zero-order valence-electron chi connectivity index (χ0n) is 23.8. The van der Waals surface area contributed by atoms with Gasteiger partial charge in [0.15, 0.2) is 5.13 Å². The van der Waals surface area contributed by atoms with Gasteiger partial charge in [0.25, 0.3) is 0 Å². The van der Waals surface area contributed by atoms with E-state index >= 15 is 0 Å². The van der Waals surface area contributed by atoms with Crippen molar-refractivity contribution >= 4 is 39.3 Å². The molecule has 3 aromatic heterocycles. The van der Waals surface area contributed by atoms with E-state index < -0.39 is 0 Å². The molecule has 42 heavy (non-hydrogen) atoms. The first-order valence-corrected chi connectivity index (χ1v) is 15.2. The van der Waals surface area contributed by atoms with Crippen molar-refractivity contribution in [1.29, 1.82) is 5.26 Å². The molecule has 5 heterocycles. The SMILES string of the molecule is CCc1nn2c(C)cc(N3CC4C(C3)C4NC(=O)[C@H]3CCOC3)cc2c1N(C)c1nc(-c2ccc(F)cc2)c(C#N)s1. The first kappa shape index (κ1) is 26.9. The van der Waals surface area contributed by atoms with Crippen molar-refractivity contribution in [3.05, 3.63) is 58.5 Å². The number of amides is 1. The Hall–Kier alpha value is -4.01. The van der Waals surface area contributed by atoms with Crippen LogP contribution in [-0.2, 0) is 16.0 Å². The molecule has 4 aromatic rings. The van der Waals surface area contributed by atoms with Crippen LogP contribution in [0.3, 0.4) is 0 Å². The highest BCUT2D eigenvalue weighted by molar-refractivity contribution is 7.16. The quantitative estimate of drug-likeness (QED) is 0.336. The molecule has 11 heteroatoms. The normalized spacial score (nSPS) is 22.8. The fourth-order valence-corrected chi connectivity index (χ4v) is 7.37. The number of carbonyl (C=O) groups is 1. The first-order chi connectivity index (χ1) is 20.4. The summed E-state index contributed by atoms with van der Waals surface area (Å²) in [4.78, 5) is 22.3. The van der Waals surface area contributed by atoms with Crippen molar-refractivity contribution in [1.82, 2.24) is 19.9 Å². The number of rotatable bonds is 7. The zero-order valence-corrected chi connectivity index (χ0v) is 24.6. The molecule has 3 fully saturated rings. The third-order valence-electron chi connectivity index (χ3n) is 8.90. The summed E-state index contributed by atoms with van der Waals surface area (Å²) in [5.41, 5.74) is 6.31. The summed E-state index contributed by atoms with van der Waals surface area (Å²) in [5.74, 6) is 0.737. The number of carbonyl (C=O) groups excluding carboxylic acids is 1. The van der Waals surface area contributed by atoms with Crippen molar-refractivity contribution < 1.29 is 13.9 Å². The predicted octanol–water partition coefficient (Wildman–Crippen LogP) is 4.69. The molecule has 0 bridgehead atoms. The lowest BCUT2D eigenvalue weighted by Gasteiger charge is -2.24. The fraction of sp³-hybridized carbons (Fsp3) is 0.419. The number of aryl methyl sites for hydroxylation is 2. The van der Waals surface area contributed by atoms with Crippen LogP contribution < -0.4 is 15.1 Å². The molecule has 0 spiro atoms. The minimum Gasteiger partial charge on any atom is -0.381 e. The molecule has 2 aliphatic heterocycles. The van der Waals surface area contributed by atoms with Crippen LogP contribution in [0.25, 0.3) is 16.8 Å². The fourth-order valence-electron chi connectivity index (χ4n) is 6.51. The van der Waals surface area contributed by atoms with Gasteiger partial charge >= 0.3 is 0 Å². The molecular weight excluding hydrogens is 553 g/mol. The number of aromatic nitrogens is 3. The second-order valence-corrected chi connectivity index (χ2v) is 12.5. The van der Waals surface area contributed by atoms with Gasteiger partial charge in [-0.3, -0.25) is 4.79 Å². The molecule has 2 saturated heterocycles. The molecule has 9 nitrogen and oxygen atoms in total. The summed E-state index contributed by atoms with van der Waals surface area (Å²) in [6.45, 7) is 7.18. The number of hydrogen-bond acceptors (Lipinski definition) is 8. The van der Waals surface area contributed by atoms with E-state index in [9.17, 15) is 14.4 Å². The van der Waals surface area contributed by atoms with Gasteiger partial charge in [-0.2, -0.15) is 10.4 Å². The standard InChI is InChI=1S/C31H32FN7O2S/c1-4-24-29(37(3)31-35-27(26(13-33)42-31)18-5-7-20(32)8-6-18)25-12-21(11-17(2)39(25)36-24)38-14-22-23(15-38)28(22)34-30(40)19-9-10-41-16-19/h5-8,11-12,19,22-23,28H,4,9-10,14-16H2,1-3H3,(H,34,40)/t19-,22?,23?,28?/m0/s1. The van der Waals surface area contributed by atoms with E-state index in [-0.39, 0.29) is 23.7 Å². The van der Waals surface area contributed by atoms with Gasteiger partial charge in [0.1, 0.15) is 22.5 Å². The van der Waals surface area contributed by atoms with Crippen LogP contribution >= 0.6 is 11.3 Å². The van der Waals surface area contributed by atoms with E-state index in [1.54, 1.807) is 12.1 Å². The van der Waals surface area contributed by atoms with Gasteiger partial charge in [0.2, 0.25) is 5.91 Å². The minimum absolute atomic E-state index is 0.00799. The Morgan fingerprint density at radius 3 is 2.69 bits per heavy atom. The Labute approximate surface area is 247 Å².